The molecule has 2 N–H and O–H groups in total. The SMILES string of the molecule is Cc1cc(Br)c(S(=O)(=O)N[C@@H](CC(C)C)C(=O)O)s1. The van der Waals surface area contributed by atoms with Crippen LogP contribution < -0.4 is 4.72 Å². The average Bonchev–Trinajstić information content (AvgIpc) is 2.56. The van der Waals surface area contributed by atoms with Crippen LogP contribution in [-0.4, -0.2) is 25.5 Å². The number of aryl methyl sites for hydroxylation is 1. The van der Waals surface area contributed by atoms with E-state index in [1.807, 2.05) is 13.8 Å². The third-order valence-corrected chi connectivity index (χ3v) is 6.53. The van der Waals surface area contributed by atoms with E-state index in [1.54, 1.807) is 13.0 Å². The monoisotopic (exact) mass is 369 g/mol. The predicted molar refractivity (Wildman–Crippen MR) is 78.0 cm³/mol. The van der Waals surface area contributed by atoms with Crippen molar-refractivity contribution < 1.29 is 18.3 Å². The van der Waals surface area contributed by atoms with Crippen LogP contribution in [0.1, 0.15) is 25.1 Å². The molecule has 108 valence electrons. The zero-order valence-corrected chi connectivity index (χ0v) is 14.0. The van der Waals surface area contributed by atoms with Gasteiger partial charge in [0.05, 0.1) is 0 Å². The first-order chi connectivity index (χ1) is 8.63. The highest BCUT2D eigenvalue weighted by Crippen LogP contribution is 2.31. The van der Waals surface area contributed by atoms with Crippen molar-refractivity contribution in [3.8, 4) is 0 Å². The van der Waals surface area contributed by atoms with E-state index in [-0.39, 0.29) is 16.5 Å². The molecule has 0 saturated carbocycles. The molecule has 1 atom stereocenters. The summed E-state index contributed by atoms with van der Waals surface area (Å²) >= 11 is 4.28. The quantitative estimate of drug-likeness (QED) is 0.806. The van der Waals surface area contributed by atoms with Gasteiger partial charge < -0.3 is 5.11 Å². The molecule has 0 fully saturated rings. The fourth-order valence-electron chi connectivity index (χ4n) is 1.56. The lowest BCUT2D eigenvalue weighted by atomic mass is 10.1. The van der Waals surface area contributed by atoms with Gasteiger partial charge in [-0.2, -0.15) is 4.72 Å². The number of carboxylic acids is 1. The lowest BCUT2D eigenvalue weighted by Gasteiger charge is -2.16. The number of carboxylic acid groups (broad SMARTS) is 1. The molecule has 0 aliphatic rings. The van der Waals surface area contributed by atoms with Crippen molar-refractivity contribution >= 4 is 43.3 Å². The highest BCUT2D eigenvalue weighted by Gasteiger charge is 2.28. The van der Waals surface area contributed by atoms with Gasteiger partial charge >= 0.3 is 5.97 Å². The summed E-state index contributed by atoms with van der Waals surface area (Å²) < 4.78 is 27.2. The van der Waals surface area contributed by atoms with E-state index in [2.05, 4.69) is 20.7 Å². The number of nitrogens with one attached hydrogen (secondary N) is 1. The van der Waals surface area contributed by atoms with Gasteiger partial charge in [-0.1, -0.05) is 13.8 Å². The molecule has 0 bridgehead atoms. The highest BCUT2D eigenvalue weighted by atomic mass is 79.9. The molecule has 8 heteroatoms. The Morgan fingerprint density at radius 3 is 2.47 bits per heavy atom. The summed E-state index contributed by atoms with van der Waals surface area (Å²) in [5.74, 6) is -1.08. The van der Waals surface area contributed by atoms with Crippen LogP contribution in [0, 0.1) is 12.8 Å². The zero-order valence-electron chi connectivity index (χ0n) is 10.8. The fourth-order valence-corrected chi connectivity index (χ4v) is 5.53. The summed E-state index contributed by atoms with van der Waals surface area (Å²) in [6.07, 6.45) is 0.247. The molecule has 0 saturated heterocycles. The molecule has 0 aromatic carbocycles. The Hall–Kier alpha value is -0.440. The number of halogens is 1. The average molecular weight is 370 g/mol. The second-order valence-corrected chi connectivity index (χ2v) is 8.65. The molecule has 0 aliphatic heterocycles. The Kier molecular flexibility index (Phi) is 5.54. The molecule has 1 aromatic heterocycles. The maximum Gasteiger partial charge on any atom is 0.321 e. The summed E-state index contributed by atoms with van der Waals surface area (Å²) in [5, 5.41) is 9.07. The van der Waals surface area contributed by atoms with Crippen molar-refractivity contribution in [3.63, 3.8) is 0 Å². The minimum atomic E-state index is -3.82. The fraction of sp³-hybridized carbons (Fsp3) is 0.545. The second kappa shape index (κ2) is 6.34. The summed E-state index contributed by atoms with van der Waals surface area (Å²) in [6, 6.07) is 0.580. The van der Waals surface area contributed by atoms with Gasteiger partial charge in [0.15, 0.2) is 0 Å². The Morgan fingerprint density at radius 1 is 1.53 bits per heavy atom. The first-order valence-electron chi connectivity index (χ1n) is 5.64. The summed E-state index contributed by atoms with van der Waals surface area (Å²) in [5.41, 5.74) is 0. The number of rotatable bonds is 6. The third-order valence-electron chi connectivity index (χ3n) is 2.33. The van der Waals surface area contributed by atoms with Crippen LogP contribution in [0.4, 0.5) is 0 Å². The minimum absolute atomic E-state index is 0.0808. The highest BCUT2D eigenvalue weighted by molar-refractivity contribution is 9.10. The largest absolute Gasteiger partial charge is 0.480 e. The zero-order chi connectivity index (χ0) is 14.8. The van der Waals surface area contributed by atoms with E-state index in [4.69, 9.17) is 5.11 Å². The first-order valence-corrected chi connectivity index (χ1v) is 8.74. The summed E-state index contributed by atoms with van der Waals surface area (Å²) in [6.45, 7) is 5.47. The molecule has 0 aliphatic carbocycles. The van der Waals surface area contributed by atoms with Crippen LogP contribution in [0.3, 0.4) is 0 Å². The Balaban J connectivity index is 3.01. The van der Waals surface area contributed by atoms with E-state index in [0.717, 1.165) is 16.2 Å². The van der Waals surface area contributed by atoms with E-state index >= 15 is 0 Å². The smallest absolute Gasteiger partial charge is 0.321 e. The first kappa shape index (κ1) is 16.6. The molecule has 0 amide bonds. The molecule has 1 aromatic rings. The lowest BCUT2D eigenvalue weighted by Crippen LogP contribution is -2.41. The van der Waals surface area contributed by atoms with Gasteiger partial charge in [-0.05, 0) is 41.3 Å². The minimum Gasteiger partial charge on any atom is -0.480 e. The van der Waals surface area contributed by atoms with Crippen LogP contribution in [0.2, 0.25) is 0 Å². The second-order valence-electron chi connectivity index (χ2n) is 4.63. The molecule has 1 rings (SSSR count). The molecule has 0 radical (unpaired) electrons. The van der Waals surface area contributed by atoms with Gasteiger partial charge in [0.25, 0.3) is 10.0 Å². The maximum atomic E-state index is 12.2. The van der Waals surface area contributed by atoms with Crippen molar-refractivity contribution in [2.24, 2.45) is 5.92 Å². The van der Waals surface area contributed by atoms with E-state index in [1.165, 1.54) is 0 Å². The van der Waals surface area contributed by atoms with Gasteiger partial charge in [-0.25, -0.2) is 8.42 Å². The molecule has 5 nitrogen and oxygen atoms in total. The van der Waals surface area contributed by atoms with Gasteiger partial charge in [-0.3, -0.25) is 4.79 Å². The molecule has 19 heavy (non-hydrogen) atoms. The van der Waals surface area contributed by atoms with Crippen molar-refractivity contribution in [2.45, 2.75) is 37.4 Å². The lowest BCUT2D eigenvalue weighted by molar-refractivity contribution is -0.139. The number of thiophene rings is 1. The van der Waals surface area contributed by atoms with Crippen LogP contribution in [0.25, 0.3) is 0 Å². The maximum absolute atomic E-state index is 12.2. The number of hydrogen-bond acceptors (Lipinski definition) is 4. The summed E-state index contributed by atoms with van der Waals surface area (Å²) in [4.78, 5) is 11.9. The van der Waals surface area contributed by atoms with Crippen molar-refractivity contribution in [2.75, 3.05) is 0 Å². The van der Waals surface area contributed by atoms with Gasteiger partial charge in [0.2, 0.25) is 0 Å². The Labute approximate surface area is 125 Å². The topological polar surface area (TPSA) is 83.5 Å². The number of sulfonamides is 1. The standard InChI is InChI=1S/C11H16BrNO4S2/c1-6(2)4-9(10(14)15)13-19(16,17)11-8(12)5-7(3)18-11/h5-6,9,13H,4H2,1-3H3,(H,14,15)/t9-/m0/s1. The van der Waals surface area contributed by atoms with Crippen LogP contribution in [-0.2, 0) is 14.8 Å². The van der Waals surface area contributed by atoms with Gasteiger partial charge in [0.1, 0.15) is 10.3 Å². The molecule has 1 heterocycles. The van der Waals surface area contributed by atoms with Crippen LogP contribution in [0.5, 0.6) is 0 Å². The molecular weight excluding hydrogens is 354 g/mol. The van der Waals surface area contributed by atoms with E-state index in [9.17, 15) is 13.2 Å². The third kappa shape index (κ3) is 4.55. The molecular formula is C11H16BrNO4S2. The Bertz CT molecular complexity index is 565. The van der Waals surface area contributed by atoms with E-state index < -0.39 is 22.0 Å². The Morgan fingerprint density at radius 2 is 2.11 bits per heavy atom. The van der Waals surface area contributed by atoms with Crippen molar-refractivity contribution in [1.29, 1.82) is 0 Å². The molecule has 0 unspecified atom stereocenters. The number of carbonyl (C=O) groups is 1. The predicted octanol–water partition coefficient (Wildman–Crippen LogP) is 2.60. The number of aliphatic carboxylic acids is 1. The van der Waals surface area contributed by atoms with Crippen LogP contribution >= 0.6 is 27.3 Å². The van der Waals surface area contributed by atoms with Gasteiger partial charge in [0, 0.05) is 9.35 Å². The van der Waals surface area contributed by atoms with Gasteiger partial charge in [-0.15, -0.1) is 11.3 Å². The van der Waals surface area contributed by atoms with Crippen molar-refractivity contribution in [3.05, 3.63) is 15.4 Å². The summed E-state index contributed by atoms with van der Waals surface area (Å²) in [7, 11) is -3.82. The molecule has 0 spiro atoms. The van der Waals surface area contributed by atoms with Crippen LogP contribution in [0.15, 0.2) is 14.7 Å². The van der Waals surface area contributed by atoms with Crippen molar-refractivity contribution in [1.82, 2.24) is 4.72 Å². The van der Waals surface area contributed by atoms with E-state index in [0.29, 0.717) is 4.47 Å². The number of hydrogen-bond donors (Lipinski definition) is 2. The normalized spacial score (nSPS) is 13.7.